The maximum Gasteiger partial charge on any atom is 0.227 e. The van der Waals surface area contributed by atoms with Crippen molar-refractivity contribution in [3.63, 3.8) is 0 Å². The van der Waals surface area contributed by atoms with Crippen LogP contribution in [0.3, 0.4) is 0 Å². The van der Waals surface area contributed by atoms with Crippen LogP contribution in [0.25, 0.3) is 0 Å². The van der Waals surface area contributed by atoms with Gasteiger partial charge in [0.05, 0.1) is 12.2 Å². The van der Waals surface area contributed by atoms with Crippen molar-refractivity contribution in [1.29, 1.82) is 0 Å². The van der Waals surface area contributed by atoms with Gasteiger partial charge in [-0.1, -0.05) is 23.7 Å². The van der Waals surface area contributed by atoms with E-state index in [1.54, 1.807) is 4.31 Å². The van der Waals surface area contributed by atoms with E-state index in [4.69, 9.17) is 11.6 Å². The van der Waals surface area contributed by atoms with Crippen LogP contribution in [0.2, 0.25) is 5.02 Å². The molecule has 2 fully saturated rings. The summed E-state index contributed by atoms with van der Waals surface area (Å²) in [6.07, 6.45) is 2.46. The number of amides is 1. The number of likely N-dealkylation sites (tertiary alicyclic amines) is 2. The summed E-state index contributed by atoms with van der Waals surface area (Å²) >= 11 is 6.49. The monoisotopic (exact) mass is 607 g/mol. The van der Waals surface area contributed by atoms with E-state index in [-0.39, 0.29) is 23.4 Å². The van der Waals surface area contributed by atoms with Gasteiger partial charge in [0.1, 0.15) is 11.6 Å². The fourth-order valence-electron chi connectivity index (χ4n) is 7.12. The molecule has 2 aromatic carbocycles. The number of halogens is 3. The molecule has 6 nitrogen and oxygen atoms in total. The van der Waals surface area contributed by atoms with Gasteiger partial charge in [-0.2, -0.15) is 4.31 Å². The molecule has 2 aromatic rings. The zero-order valence-corrected chi connectivity index (χ0v) is 26.2. The SMILES string of the molecule is Cc1cc2c(cc1Cl)[C@@H](C)N(S(C)(=O)=O)CC21CCN(C(=O)C2CN(C(C)(C)C)C[C@H]2c2ccc(F)cc2F)CC1. The smallest absolute Gasteiger partial charge is 0.227 e. The van der Waals surface area contributed by atoms with Gasteiger partial charge in [0.15, 0.2) is 0 Å². The molecule has 0 saturated carbocycles. The Bertz CT molecular complexity index is 1470. The van der Waals surface area contributed by atoms with Crippen molar-refractivity contribution in [2.45, 2.75) is 70.4 Å². The highest BCUT2D eigenvalue weighted by Gasteiger charge is 2.49. The molecule has 3 aliphatic rings. The van der Waals surface area contributed by atoms with Crippen molar-refractivity contribution in [3.05, 3.63) is 69.2 Å². The summed E-state index contributed by atoms with van der Waals surface area (Å²) in [6.45, 7) is 12.4. The second-order valence-electron chi connectivity index (χ2n) is 13.2. The highest BCUT2D eigenvalue weighted by atomic mass is 35.5. The van der Waals surface area contributed by atoms with Gasteiger partial charge in [-0.25, -0.2) is 17.2 Å². The van der Waals surface area contributed by atoms with E-state index in [1.165, 1.54) is 18.4 Å². The van der Waals surface area contributed by atoms with Crippen molar-refractivity contribution < 1.29 is 22.0 Å². The Morgan fingerprint density at radius 1 is 1.05 bits per heavy atom. The number of carbonyl (C=O) groups excluding carboxylic acids is 1. The van der Waals surface area contributed by atoms with Crippen molar-refractivity contribution in [3.8, 4) is 0 Å². The highest BCUT2D eigenvalue weighted by Crippen LogP contribution is 2.48. The van der Waals surface area contributed by atoms with Crippen LogP contribution >= 0.6 is 11.6 Å². The lowest BCUT2D eigenvalue weighted by atomic mass is 9.67. The van der Waals surface area contributed by atoms with Crippen LogP contribution in [0.5, 0.6) is 0 Å². The first-order valence-corrected chi connectivity index (χ1v) is 16.5. The summed E-state index contributed by atoms with van der Waals surface area (Å²) in [4.78, 5) is 18.2. The second-order valence-corrected chi connectivity index (χ2v) is 15.6. The summed E-state index contributed by atoms with van der Waals surface area (Å²) in [5.41, 5.74) is 2.70. The van der Waals surface area contributed by atoms with Crippen LogP contribution in [-0.4, -0.2) is 72.9 Å². The summed E-state index contributed by atoms with van der Waals surface area (Å²) < 4.78 is 55.9. The molecule has 0 bridgehead atoms. The third-order valence-corrected chi connectivity index (χ3v) is 11.4. The van der Waals surface area contributed by atoms with E-state index < -0.39 is 33.0 Å². The first kappa shape index (κ1) is 30.4. The van der Waals surface area contributed by atoms with Gasteiger partial charge in [0, 0.05) is 66.7 Å². The van der Waals surface area contributed by atoms with E-state index in [1.807, 2.05) is 24.8 Å². The molecule has 0 aromatic heterocycles. The molecular weight excluding hydrogens is 568 g/mol. The Morgan fingerprint density at radius 3 is 2.29 bits per heavy atom. The third-order valence-electron chi connectivity index (χ3n) is 9.65. The molecule has 10 heteroatoms. The first-order chi connectivity index (χ1) is 19.0. The van der Waals surface area contributed by atoms with E-state index in [9.17, 15) is 22.0 Å². The number of hydrogen-bond donors (Lipinski definition) is 0. The van der Waals surface area contributed by atoms with Crippen molar-refractivity contribution in [2.24, 2.45) is 5.92 Å². The molecule has 2 saturated heterocycles. The number of sulfonamides is 1. The molecule has 1 unspecified atom stereocenters. The summed E-state index contributed by atoms with van der Waals surface area (Å²) in [5.74, 6) is -2.14. The van der Waals surface area contributed by atoms with Crippen molar-refractivity contribution in [2.75, 3.05) is 39.0 Å². The highest BCUT2D eigenvalue weighted by molar-refractivity contribution is 7.88. The van der Waals surface area contributed by atoms with Crippen LogP contribution in [0, 0.1) is 24.5 Å². The fraction of sp³-hybridized carbons (Fsp3) is 0.581. The van der Waals surface area contributed by atoms with E-state index in [0.29, 0.717) is 56.2 Å². The predicted octanol–water partition coefficient (Wildman–Crippen LogP) is 5.64. The quantitative estimate of drug-likeness (QED) is 0.453. The van der Waals surface area contributed by atoms with Gasteiger partial charge < -0.3 is 4.90 Å². The Balaban J connectivity index is 1.44. The average Bonchev–Trinajstić information content (AvgIpc) is 3.33. The summed E-state index contributed by atoms with van der Waals surface area (Å²) in [6, 6.07) is 7.28. The molecule has 5 rings (SSSR count). The third kappa shape index (κ3) is 5.55. The van der Waals surface area contributed by atoms with E-state index >= 15 is 0 Å². The number of aryl methyl sites for hydroxylation is 1. The molecule has 224 valence electrons. The molecule has 3 heterocycles. The van der Waals surface area contributed by atoms with Crippen LogP contribution in [0.1, 0.15) is 74.8 Å². The number of carbonyl (C=O) groups is 1. The summed E-state index contributed by atoms with van der Waals surface area (Å²) in [7, 11) is -3.48. The summed E-state index contributed by atoms with van der Waals surface area (Å²) in [5, 5.41) is 0.609. The Labute approximate surface area is 247 Å². The Kier molecular flexibility index (Phi) is 7.84. The average molecular weight is 608 g/mol. The van der Waals surface area contributed by atoms with Crippen molar-refractivity contribution >= 4 is 27.5 Å². The topological polar surface area (TPSA) is 60.9 Å². The lowest BCUT2D eigenvalue weighted by molar-refractivity contribution is -0.137. The number of piperidine rings is 1. The molecular formula is C31H40ClF2N3O3S. The zero-order valence-electron chi connectivity index (χ0n) is 24.7. The molecule has 3 aliphatic heterocycles. The van der Waals surface area contributed by atoms with Crippen LogP contribution < -0.4 is 0 Å². The Morgan fingerprint density at radius 2 is 1.71 bits per heavy atom. The van der Waals surface area contributed by atoms with Gasteiger partial charge in [-0.05, 0) is 81.8 Å². The van der Waals surface area contributed by atoms with Gasteiger partial charge in [-0.3, -0.25) is 9.69 Å². The fourth-order valence-corrected chi connectivity index (χ4v) is 8.46. The van der Waals surface area contributed by atoms with Gasteiger partial charge in [-0.15, -0.1) is 0 Å². The number of nitrogens with zero attached hydrogens (tertiary/aromatic N) is 3. The predicted molar refractivity (Wildman–Crippen MR) is 158 cm³/mol. The second kappa shape index (κ2) is 10.6. The first-order valence-electron chi connectivity index (χ1n) is 14.3. The molecule has 0 aliphatic carbocycles. The standard InChI is InChI=1S/C31H40ClF2N3O3S/c1-19-13-26-23(15-27(19)32)20(2)37(41(6,39)40)18-31(26)9-11-35(12-10-31)29(38)25-17-36(30(3,4)5)16-24(25)22-8-7-21(33)14-28(22)34/h7-8,13-15,20,24-25H,9-12,16-18H2,1-6H3/t20-,24+,25?/m1/s1. The number of benzene rings is 2. The van der Waals surface area contributed by atoms with E-state index in [2.05, 4.69) is 31.7 Å². The minimum absolute atomic E-state index is 0.0306. The molecule has 1 spiro atoms. The molecule has 1 amide bonds. The van der Waals surface area contributed by atoms with Gasteiger partial charge >= 0.3 is 0 Å². The molecule has 0 radical (unpaired) electrons. The lowest BCUT2D eigenvalue weighted by Crippen LogP contribution is -2.55. The normalized spacial score (nSPS) is 25.5. The number of rotatable bonds is 3. The molecule has 3 atom stereocenters. The van der Waals surface area contributed by atoms with Crippen LogP contribution in [-0.2, 0) is 20.2 Å². The van der Waals surface area contributed by atoms with Crippen LogP contribution in [0.4, 0.5) is 8.78 Å². The Hall–Kier alpha value is -2.07. The number of fused-ring (bicyclic) bond motifs is 2. The lowest BCUT2D eigenvalue weighted by Gasteiger charge is -2.50. The largest absolute Gasteiger partial charge is 0.342 e. The van der Waals surface area contributed by atoms with E-state index in [0.717, 1.165) is 22.8 Å². The zero-order chi connectivity index (χ0) is 30.1. The maximum atomic E-state index is 15.0. The number of hydrogen-bond acceptors (Lipinski definition) is 4. The van der Waals surface area contributed by atoms with Gasteiger partial charge in [0.2, 0.25) is 15.9 Å². The maximum absolute atomic E-state index is 15.0. The van der Waals surface area contributed by atoms with Crippen molar-refractivity contribution in [1.82, 2.24) is 14.1 Å². The minimum atomic E-state index is -3.48. The van der Waals surface area contributed by atoms with Crippen LogP contribution in [0.15, 0.2) is 30.3 Å². The molecule has 41 heavy (non-hydrogen) atoms. The molecule has 0 N–H and O–H groups in total. The minimum Gasteiger partial charge on any atom is -0.342 e. The van der Waals surface area contributed by atoms with Gasteiger partial charge in [0.25, 0.3) is 0 Å².